The van der Waals surface area contributed by atoms with Crippen LogP contribution in [0.3, 0.4) is 0 Å². The van der Waals surface area contributed by atoms with Gasteiger partial charge in [0.2, 0.25) is 0 Å². The minimum Gasteiger partial charge on any atom is -0.220 e. The average Bonchev–Trinajstić information content (AvgIpc) is 2.31. The molecule has 0 aromatic carbocycles. The van der Waals surface area contributed by atoms with Gasteiger partial charge in [-0.15, -0.1) is 15.7 Å². The molecule has 1 N–H and O–H groups in total. The molecular formula is C5H6O3S2. The summed E-state index contributed by atoms with van der Waals surface area (Å²) < 4.78 is 4.21. The van der Waals surface area contributed by atoms with Crippen LogP contribution in [-0.2, 0) is 9.37 Å². The molecule has 56 valence electrons. The Morgan fingerprint density at radius 3 is 3.00 bits per heavy atom. The fourth-order valence-corrected chi connectivity index (χ4v) is 1.79. The van der Waals surface area contributed by atoms with Crippen LogP contribution >= 0.6 is 23.4 Å². The third-order valence-corrected chi connectivity index (χ3v) is 2.43. The molecular weight excluding hydrogens is 172 g/mol. The van der Waals surface area contributed by atoms with Crippen molar-refractivity contribution in [1.82, 2.24) is 0 Å². The van der Waals surface area contributed by atoms with Crippen molar-refractivity contribution in [3.8, 4) is 0 Å². The quantitative estimate of drug-likeness (QED) is 0.438. The van der Waals surface area contributed by atoms with E-state index in [2.05, 4.69) is 9.37 Å². The van der Waals surface area contributed by atoms with Gasteiger partial charge < -0.3 is 0 Å². The fourth-order valence-electron chi connectivity index (χ4n) is 0.518. The molecule has 0 saturated heterocycles. The van der Waals surface area contributed by atoms with E-state index in [4.69, 9.17) is 5.26 Å². The molecule has 3 nitrogen and oxygen atoms in total. The lowest BCUT2D eigenvalue weighted by Gasteiger charge is -1.89. The SMILES string of the molecule is Cc1cc(SOOO)cs1. The van der Waals surface area contributed by atoms with E-state index >= 15 is 0 Å². The Morgan fingerprint density at radius 1 is 1.70 bits per heavy atom. The van der Waals surface area contributed by atoms with Crippen LogP contribution in [0.5, 0.6) is 0 Å². The normalized spacial score (nSPS) is 10.2. The molecule has 1 heterocycles. The van der Waals surface area contributed by atoms with Crippen LogP contribution in [0.15, 0.2) is 16.3 Å². The first kappa shape index (κ1) is 8.03. The first-order chi connectivity index (χ1) is 4.83. The Kier molecular flexibility index (Phi) is 3.17. The fraction of sp³-hybridized carbons (Fsp3) is 0.200. The van der Waals surface area contributed by atoms with Crippen LogP contribution in [0, 0.1) is 6.92 Å². The van der Waals surface area contributed by atoms with Crippen molar-refractivity contribution in [1.29, 1.82) is 0 Å². The van der Waals surface area contributed by atoms with Crippen molar-refractivity contribution in [2.75, 3.05) is 0 Å². The topological polar surface area (TPSA) is 38.7 Å². The number of rotatable bonds is 3. The second-order valence-electron chi connectivity index (χ2n) is 1.62. The smallest absolute Gasteiger partial charge is 0.0723 e. The molecule has 0 saturated carbocycles. The van der Waals surface area contributed by atoms with Gasteiger partial charge in [-0.05, 0) is 13.0 Å². The molecule has 1 aromatic heterocycles. The van der Waals surface area contributed by atoms with Gasteiger partial charge >= 0.3 is 0 Å². The summed E-state index contributed by atoms with van der Waals surface area (Å²) >= 11 is 2.60. The van der Waals surface area contributed by atoms with E-state index in [9.17, 15) is 0 Å². The zero-order chi connectivity index (χ0) is 7.40. The van der Waals surface area contributed by atoms with Crippen molar-refractivity contribution in [2.24, 2.45) is 0 Å². The van der Waals surface area contributed by atoms with E-state index in [1.165, 1.54) is 4.88 Å². The molecule has 0 spiro atoms. The molecule has 0 fully saturated rings. The van der Waals surface area contributed by atoms with E-state index in [0.717, 1.165) is 16.9 Å². The predicted octanol–water partition coefficient (Wildman–Crippen LogP) is 2.48. The Labute approximate surface area is 66.6 Å². The Hall–Kier alpha value is -0.0700. The highest BCUT2D eigenvalue weighted by Crippen LogP contribution is 2.24. The Bertz CT molecular complexity index is 199. The molecule has 0 radical (unpaired) electrons. The number of hydrogen-bond acceptors (Lipinski definition) is 5. The third-order valence-electron chi connectivity index (χ3n) is 0.867. The summed E-state index contributed by atoms with van der Waals surface area (Å²) in [4.78, 5) is 2.13. The summed E-state index contributed by atoms with van der Waals surface area (Å²) in [6, 6.07) is 1.94. The highest BCUT2D eigenvalue weighted by Gasteiger charge is 1.96. The van der Waals surface area contributed by atoms with Gasteiger partial charge in [0.25, 0.3) is 0 Å². The zero-order valence-corrected chi connectivity index (χ0v) is 6.87. The number of aryl methyl sites for hydroxylation is 1. The first-order valence-corrected chi connectivity index (χ1v) is 4.15. The molecule has 0 amide bonds. The summed E-state index contributed by atoms with van der Waals surface area (Å²) in [6.07, 6.45) is 0. The Morgan fingerprint density at radius 2 is 2.50 bits per heavy atom. The van der Waals surface area contributed by atoms with Crippen LogP contribution in [0.2, 0.25) is 0 Å². The summed E-state index contributed by atoms with van der Waals surface area (Å²) in [6.45, 7) is 1.99. The standard InChI is InChI=1S/C5H6O3S2/c1-4-2-5(3-9-4)10-8-7-6/h2-3,6H,1H3. The summed E-state index contributed by atoms with van der Waals surface area (Å²) in [7, 11) is 0. The molecule has 0 bridgehead atoms. The lowest BCUT2D eigenvalue weighted by Crippen LogP contribution is -1.75. The van der Waals surface area contributed by atoms with E-state index in [1.807, 2.05) is 18.4 Å². The maximum atomic E-state index is 7.79. The van der Waals surface area contributed by atoms with Crippen molar-refractivity contribution in [3.05, 3.63) is 16.3 Å². The zero-order valence-electron chi connectivity index (χ0n) is 5.23. The van der Waals surface area contributed by atoms with Gasteiger partial charge in [-0.3, -0.25) is 0 Å². The predicted molar refractivity (Wildman–Crippen MR) is 39.7 cm³/mol. The largest absolute Gasteiger partial charge is 0.220 e. The lowest BCUT2D eigenvalue weighted by molar-refractivity contribution is -0.432. The highest BCUT2D eigenvalue weighted by molar-refractivity contribution is 7.94. The van der Waals surface area contributed by atoms with E-state index in [-0.39, 0.29) is 0 Å². The third kappa shape index (κ3) is 2.28. The summed E-state index contributed by atoms with van der Waals surface area (Å²) in [5, 5.41) is 13.1. The van der Waals surface area contributed by atoms with Crippen LogP contribution in [0.4, 0.5) is 0 Å². The second-order valence-corrected chi connectivity index (χ2v) is 3.51. The maximum absolute atomic E-state index is 7.79. The average molecular weight is 178 g/mol. The van der Waals surface area contributed by atoms with Crippen LogP contribution in [0.25, 0.3) is 0 Å². The Balaban J connectivity index is 2.42. The van der Waals surface area contributed by atoms with E-state index in [1.54, 1.807) is 11.3 Å². The van der Waals surface area contributed by atoms with Crippen molar-refractivity contribution in [3.63, 3.8) is 0 Å². The molecule has 0 unspecified atom stereocenters. The summed E-state index contributed by atoms with van der Waals surface area (Å²) in [5.41, 5.74) is 0. The van der Waals surface area contributed by atoms with Gasteiger partial charge in [0.1, 0.15) is 0 Å². The van der Waals surface area contributed by atoms with Gasteiger partial charge in [-0.25, -0.2) is 5.26 Å². The van der Waals surface area contributed by atoms with Crippen LogP contribution in [-0.4, -0.2) is 5.26 Å². The van der Waals surface area contributed by atoms with Gasteiger partial charge in [0, 0.05) is 15.2 Å². The molecule has 0 aliphatic heterocycles. The molecule has 5 heteroatoms. The summed E-state index contributed by atoms with van der Waals surface area (Å²) in [5.74, 6) is 0. The highest BCUT2D eigenvalue weighted by atomic mass is 32.2. The maximum Gasteiger partial charge on any atom is 0.0723 e. The molecule has 0 atom stereocenters. The molecule has 10 heavy (non-hydrogen) atoms. The van der Waals surface area contributed by atoms with Crippen molar-refractivity contribution >= 4 is 23.4 Å². The molecule has 1 aromatic rings. The number of thiophene rings is 1. The number of hydrogen-bond donors (Lipinski definition) is 1. The minimum absolute atomic E-state index is 0.927. The van der Waals surface area contributed by atoms with Crippen LogP contribution < -0.4 is 0 Å². The van der Waals surface area contributed by atoms with E-state index in [0.29, 0.717) is 0 Å². The monoisotopic (exact) mass is 178 g/mol. The second kappa shape index (κ2) is 3.95. The minimum atomic E-state index is 0.927. The van der Waals surface area contributed by atoms with Gasteiger partial charge in [-0.2, -0.15) is 0 Å². The molecule has 0 aliphatic rings. The van der Waals surface area contributed by atoms with Crippen molar-refractivity contribution in [2.45, 2.75) is 11.8 Å². The van der Waals surface area contributed by atoms with Gasteiger partial charge in [0.15, 0.2) is 0 Å². The lowest BCUT2D eigenvalue weighted by atomic mass is 10.5. The van der Waals surface area contributed by atoms with Gasteiger partial charge in [-0.1, -0.05) is 5.04 Å². The van der Waals surface area contributed by atoms with E-state index < -0.39 is 0 Å². The first-order valence-electron chi connectivity index (χ1n) is 2.53. The van der Waals surface area contributed by atoms with Crippen LogP contribution in [0.1, 0.15) is 4.88 Å². The van der Waals surface area contributed by atoms with Gasteiger partial charge in [0.05, 0.1) is 12.0 Å². The van der Waals surface area contributed by atoms with Crippen molar-refractivity contribution < 1.29 is 14.6 Å². The molecule has 0 aliphatic carbocycles. The molecule has 1 rings (SSSR count).